The molecule has 1 aliphatic heterocycles. The molecule has 1 aliphatic rings. The van der Waals surface area contributed by atoms with Crippen molar-refractivity contribution in [1.82, 2.24) is 5.32 Å². The first-order valence-electron chi connectivity index (χ1n) is 11.7. The van der Waals surface area contributed by atoms with Crippen molar-refractivity contribution in [2.24, 2.45) is 0 Å². The monoisotopic (exact) mass is 502 g/mol. The number of hydrogen-bond donors (Lipinski definition) is 1. The Morgan fingerprint density at radius 1 is 0.972 bits per heavy atom. The van der Waals surface area contributed by atoms with Gasteiger partial charge in [0.1, 0.15) is 18.1 Å². The van der Waals surface area contributed by atoms with Gasteiger partial charge in [0.25, 0.3) is 15.9 Å². The molecular formula is C28H26N2O5S. The van der Waals surface area contributed by atoms with Gasteiger partial charge in [-0.1, -0.05) is 66.2 Å². The zero-order valence-electron chi connectivity index (χ0n) is 19.8. The molecule has 0 bridgehead atoms. The summed E-state index contributed by atoms with van der Waals surface area (Å²) in [5.41, 5.74) is 1.36. The number of aryl methyl sites for hydroxylation is 1. The van der Waals surface area contributed by atoms with Crippen LogP contribution in [0.2, 0.25) is 0 Å². The number of amides is 1. The van der Waals surface area contributed by atoms with E-state index in [0.717, 1.165) is 22.1 Å². The lowest BCUT2D eigenvalue weighted by molar-refractivity contribution is -0.127. The fourth-order valence-corrected chi connectivity index (χ4v) is 5.65. The Labute approximate surface area is 210 Å². The van der Waals surface area contributed by atoms with Gasteiger partial charge in [0.2, 0.25) is 0 Å². The van der Waals surface area contributed by atoms with Crippen LogP contribution < -0.4 is 19.1 Å². The Bertz CT molecular complexity index is 1500. The standard InChI is InChI=1S/C28H26N2O5S/c1-20-13-15-22(16-14-20)36(32,33)30-19-27(35-26-11-5-4-10-24(26)30)28(31)29-17-18-34-25-12-6-8-21-7-2-3-9-23(21)25/h2-16,27H,17-19H2,1H3,(H,29,31). The van der Waals surface area contributed by atoms with Crippen LogP contribution in [0.1, 0.15) is 5.56 Å². The van der Waals surface area contributed by atoms with Crippen LogP contribution in [-0.4, -0.2) is 40.1 Å². The van der Waals surface area contributed by atoms with Gasteiger partial charge in [0.15, 0.2) is 6.10 Å². The van der Waals surface area contributed by atoms with Crippen molar-refractivity contribution >= 4 is 32.4 Å². The largest absolute Gasteiger partial charge is 0.491 e. The normalized spacial score (nSPS) is 15.1. The van der Waals surface area contributed by atoms with E-state index in [1.165, 1.54) is 4.31 Å². The molecular weight excluding hydrogens is 476 g/mol. The van der Waals surface area contributed by atoms with Crippen molar-refractivity contribution in [2.45, 2.75) is 17.9 Å². The average molecular weight is 503 g/mol. The lowest BCUT2D eigenvalue weighted by Gasteiger charge is -2.34. The summed E-state index contributed by atoms with van der Waals surface area (Å²) >= 11 is 0. The Kier molecular flexibility index (Phi) is 6.52. The minimum atomic E-state index is -3.89. The molecule has 1 unspecified atom stereocenters. The summed E-state index contributed by atoms with van der Waals surface area (Å²) in [7, 11) is -3.89. The highest BCUT2D eigenvalue weighted by Crippen LogP contribution is 2.36. The summed E-state index contributed by atoms with van der Waals surface area (Å²) in [5, 5.41) is 4.88. The topological polar surface area (TPSA) is 84.9 Å². The minimum Gasteiger partial charge on any atom is -0.491 e. The van der Waals surface area contributed by atoms with Gasteiger partial charge in [-0.2, -0.15) is 0 Å². The fourth-order valence-electron chi connectivity index (χ4n) is 4.17. The first-order valence-corrected chi connectivity index (χ1v) is 13.1. The summed E-state index contributed by atoms with van der Waals surface area (Å²) in [6, 6.07) is 27.2. The maximum absolute atomic E-state index is 13.5. The molecule has 7 nitrogen and oxygen atoms in total. The van der Waals surface area contributed by atoms with Crippen molar-refractivity contribution in [3.63, 3.8) is 0 Å². The molecule has 1 N–H and O–H groups in total. The molecule has 1 atom stereocenters. The van der Waals surface area contributed by atoms with E-state index in [0.29, 0.717) is 11.4 Å². The summed E-state index contributed by atoms with van der Waals surface area (Å²) in [6.45, 7) is 2.26. The molecule has 0 saturated heterocycles. The molecule has 0 aliphatic carbocycles. The molecule has 1 amide bonds. The smallest absolute Gasteiger partial charge is 0.264 e. The van der Waals surface area contributed by atoms with Gasteiger partial charge in [-0.15, -0.1) is 0 Å². The van der Waals surface area contributed by atoms with E-state index in [1.54, 1.807) is 48.5 Å². The van der Waals surface area contributed by atoms with Gasteiger partial charge >= 0.3 is 0 Å². The molecule has 0 spiro atoms. The molecule has 4 aromatic carbocycles. The molecule has 0 aromatic heterocycles. The molecule has 0 radical (unpaired) electrons. The van der Waals surface area contributed by atoms with Crippen molar-refractivity contribution in [1.29, 1.82) is 0 Å². The van der Waals surface area contributed by atoms with E-state index < -0.39 is 22.0 Å². The second-order valence-corrected chi connectivity index (χ2v) is 10.4. The summed E-state index contributed by atoms with van der Waals surface area (Å²) < 4.78 is 40.0. The van der Waals surface area contributed by atoms with Crippen molar-refractivity contribution < 1.29 is 22.7 Å². The lowest BCUT2D eigenvalue weighted by Crippen LogP contribution is -2.51. The van der Waals surface area contributed by atoms with Crippen LogP contribution in [-0.2, 0) is 14.8 Å². The number of nitrogens with zero attached hydrogens (tertiary/aromatic N) is 1. The number of sulfonamides is 1. The third kappa shape index (κ3) is 4.72. The van der Waals surface area contributed by atoms with Crippen LogP contribution in [0.25, 0.3) is 10.8 Å². The highest BCUT2D eigenvalue weighted by molar-refractivity contribution is 7.92. The van der Waals surface area contributed by atoms with E-state index in [1.807, 2.05) is 49.4 Å². The van der Waals surface area contributed by atoms with Crippen LogP contribution in [0.4, 0.5) is 5.69 Å². The zero-order valence-corrected chi connectivity index (χ0v) is 20.6. The number of rotatable bonds is 7. The van der Waals surface area contributed by atoms with E-state index in [9.17, 15) is 13.2 Å². The van der Waals surface area contributed by atoms with Crippen molar-refractivity contribution in [3.8, 4) is 11.5 Å². The van der Waals surface area contributed by atoms with Gasteiger partial charge in [-0.3, -0.25) is 9.10 Å². The van der Waals surface area contributed by atoms with E-state index >= 15 is 0 Å². The van der Waals surface area contributed by atoms with E-state index in [4.69, 9.17) is 9.47 Å². The Morgan fingerprint density at radius 2 is 1.69 bits per heavy atom. The number of anilines is 1. The van der Waals surface area contributed by atoms with Crippen LogP contribution >= 0.6 is 0 Å². The van der Waals surface area contributed by atoms with Crippen LogP contribution in [0.3, 0.4) is 0 Å². The summed E-state index contributed by atoms with van der Waals surface area (Å²) in [4.78, 5) is 13.1. The second kappa shape index (κ2) is 9.91. The summed E-state index contributed by atoms with van der Waals surface area (Å²) in [5.74, 6) is 0.669. The number of hydrogen-bond acceptors (Lipinski definition) is 5. The molecule has 0 saturated carbocycles. The van der Waals surface area contributed by atoms with Crippen molar-refractivity contribution in [3.05, 3.63) is 96.6 Å². The number of carbonyl (C=O) groups is 1. The number of carbonyl (C=O) groups excluding carboxylic acids is 1. The third-order valence-electron chi connectivity index (χ3n) is 6.04. The SMILES string of the molecule is Cc1ccc(S(=O)(=O)N2CC(C(=O)NCCOc3cccc4ccccc34)Oc3ccccc32)cc1. The minimum absolute atomic E-state index is 0.136. The van der Waals surface area contributed by atoms with Gasteiger partial charge < -0.3 is 14.8 Å². The quantitative estimate of drug-likeness (QED) is 0.381. The highest BCUT2D eigenvalue weighted by Gasteiger charge is 2.37. The third-order valence-corrected chi connectivity index (χ3v) is 7.84. The molecule has 5 rings (SSSR count). The number of ether oxygens (including phenoxy) is 2. The fraction of sp³-hybridized carbons (Fsp3) is 0.179. The Balaban J connectivity index is 1.28. The first kappa shape index (κ1) is 23.7. The molecule has 8 heteroatoms. The molecule has 184 valence electrons. The first-order chi connectivity index (χ1) is 17.4. The molecule has 0 fully saturated rings. The van der Waals surface area contributed by atoms with Crippen LogP contribution in [0.5, 0.6) is 11.5 Å². The van der Waals surface area contributed by atoms with E-state index in [2.05, 4.69) is 5.32 Å². The predicted molar refractivity (Wildman–Crippen MR) is 139 cm³/mol. The highest BCUT2D eigenvalue weighted by atomic mass is 32.2. The predicted octanol–water partition coefficient (Wildman–Crippen LogP) is 4.30. The summed E-state index contributed by atoms with van der Waals surface area (Å²) in [6.07, 6.45) is -1.00. The van der Waals surface area contributed by atoms with Gasteiger partial charge in [0, 0.05) is 5.39 Å². The zero-order chi connectivity index (χ0) is 25.1. The molecule has 4 aromatic rings. The van der Waals surface area contributed by atoms with Crippen LogP contribution in [0, 0.1) is 6.92 Å². The van der Waals surface area contributed by atoms with E-state index in [-0.39, 0.29) is 24.6 Å². The second-order valence-electron chi connectivity index (χ2n) is 8.54. The Morgan fingerprint density at radius 3 is 2.53 bits per heavy atom. The number of fused-ring (bicyclic) bond motifs is 2. The average Bonchev–Trinajstić information content (AvgIpc) is 2.90. The molecule has 36 heavy (non-hydrogen) atoms. The number of benzene rings is 4. The van der Waals surface area contributed by atoms with Gasteiger partial charge in [-0.25, -0.2) is 8.42 Å². The molecule has 1 heterocycles. The van der Waals surface area contributed by atoms with Gasteiger partial charge in [-0.05, 0) is 42.6 Å². The van der Waals surface area contributed by atoms with Gasteiger partial charge in [0.05, 0.1) is 23.7 Å². The Hall–Kier alpha value is -4.04. The van der Waals surface area contributed by atoms with Crippen molar-refractivity contribution in [2.75, 3.05) is 24.0 Å². The number of nitrogens with one attached hydrogen (secondary N) is 1. The lowest BCUT2D eigenvalue weighted by atomic mass is 10.1. The maximum atomic E-state index is 13.5. The maximum Gasteiger partial charge on any atom is 0.264 e. The number of para-hydroxylation sites is 2. The van der Waals surface area contributed by atoms with Crippen LogP contribution in [0.15, 0.2) is 95.9 Å².